The highest BCUT2D eigenvalue weighted by Gasteiger charge is 2.71. The van der Waals surface area contributed by atoms with Crippen molar-refractivity contribution in [2.75, 3.05) is 22.8 Å². The minimum atomic E-state index is -1.54. The van der Waals surface area contributed by atoms with Gasteiger partial charge in [-0.1, -0.05) is 83.9 Å². The molecule has 0 bridgehead atoms. The Balaban J connectivity index is 1.17. The minimum absolute atomic E-state index is 0.100. The monoisotopic (exact) mass is 744 g/mol. The van der Waals surface area contributed by atoms with Crippen molar-refractivity contribution < 1.29 is 29.0 Å². The molecule has 5 aromatic carbocycles. The third-order valence-electron chi connectivity index (χ3n) is 12.1. The molecule has 2 heterocycles. The molecule has 10 nitrogen and oxygen atoms in total. The van der Waals surface area contributed by atoms with E-state index in [4.69, 9.17) is 4.74 Å². The van der Waals surface area contributed by atoms with Crippen molar-refractivity contribution in [2.24, 2.45) is 23.7 Å². The smallest absolute Gasteiger partial charge is 0.260 e. The van der Waals surface area contributed by atoms with Gasteiger partial charge >= 0.3 is 0 Å². The molecular formula is C46H40N4O6. The maximum atomic E-state index is 15.4. The van der Waals surface area contributed by atoms with Gasteiger partial charge in [-0.25, -0.2) is 0 Å². The fourth-order valence-electron chi connectivity index (χ4n) is 9.70. The highest BCUT2D eigenvalue weighted by molar-refractivity contribution is 6.22. The van der Waals surface area contributed by atoms with Crippen LogP contribution in [0.2, 0.25) is 0 Å². The number of phenolic OH excluding ortho intramolecular Hbond substituents is 1. The number of hydrogen-bond acceptors (Lipinski definition) is 8. The molecule has 1 saturated carbocycles. The van der Waals surface area contributed by atoms with E-state index in [0.717, 1.165) is 27.5 Å². The summed E-state index contributed by atoms with van der Waals surface area (Å²) in [4.78, 5) is 60.6. The maximum Gasteiger partial charge on any atom is 0.260 e. The molecular weight excluding hydrogens is 705 g/mol. The summed E-state index contributed by atoms with van der Waals surface area (Å²) in [5.74, 6) is -5.27. The summed E-state index contributed by atoms with van der Waals surface area (Å²) >= 11 is 0. The molecule has 2 aliphatic carbocycles. The Kier molecular flexibility index (Phi) is 8.49. The van der Waals surface area contributed by atoms with Crippen LogP contribution in [0.4, 0.5) is 22.7 Å². The first-order valence-electron chi connectivity index (χ1n) is 18.8. The van der Waals surface area contributed by atoms with Crippen LogP contribution in [0.1, 0.15) is 35.4 Å². The second kappa shape index (κ2) is 13.6. The summed E-state index contributed by atoms with van der Waals surface area (Å²) in [6.07, 6.45) is 2.36. The highest BCUT2D eigenvalue weighted by Crippen LogP contribution is 2.66. The van der Waals surface area contributed by atoms with E-state index in [1.165, 1.54) is 12.0 Å². The number of nitrogens with zero attached hydrogens (tertiary/aromatic N) is 2. The fraction of sp³-hybridized carbons (Fsp3) is 0.217. The van der Waals surface area contributed by atoms with Crippen LogP contribution in [0.25, 0.3) is 0 Å². The van der Waals surface area contributed by atoms with E-state index in [2.05, 4.69) is 10.7 Å². The van der Waals surface area contributed by atoms with Gasteiger partial charge in [-0.3, -0.25) is 29.5 Å². The van der Waals surface area contributed by atoms with Crippen molar-refractivity contribution in [3.05, 3.63) is 156 Å². The van der Waals surface area contributed by atoms with Crippen LogP contribution in [0.15, 0.2) is 139 Å². The van der Waals surface area contributed by atoms with Crippen molar-refractivity contribution in [1.82, 2.24) is 5.01 Å². The number of anilines is 4. The van der Waals surface area contributed by atoms with Gasteiger partial charge in [0, 0.05) is 22.9 Å². The van der Waals surface area contributed by atoms with Crippen molar-refractivity contribution in [1.29, 1.82) is 0 Å². The van der Waals surface area contributed by atoms with E-state index in [9.17, 15) is 19.5 Å². The Morgan fingerprint density at radius 3 is 2.07 bits per heavy atom. The lowest BCUT2D eigenvalue weighted by atomic mass is 9.49. The summed E-state index contributed by atoms with van der Waals surface area (Å²) in [6.45, 7) is 1.95. The van der Waals surface area contributed by atoms with E-state index >= 15 is 4.79 Å². The van der Waals surface area contributed by atoms with Crippen LogP contribution in [0.3, 0.4) is 0 Å². The number of fused-ring (bicyclic) bond motifs is 4. The van der Waals surface area contributed by atoms with Crippen LogP contribution < -0.4 is 20.4 Å². The first-order chi connectivity index (χ1) is 27.2. The number of rotatable bonds is 8. The molecule has 6 atom stereocenters. The Morgan fingerprint density at radius 1 is 0.714 bits per heavy atom. The van der Waals surface area contributed by atoms with Gasteiger partial charge in [0.05, 0.1) is 41.7 Å². The van der Waals surface area contributed by atoms with Gasteiger partial charge < -0.3 is 15.2 Å². The van der Waals surface area contributed by atoms with E-state index in [-0.39, 0.29) is 30.4 Å². The second-order valence-corrected chi connectivity index (χ2v) is 15.0. The van der Waals surface area contributed by atoms with Gasteiger partial charge in [0.2, 0.25) is 11.8 Å². The predicted octanol–water partition coefficient (Wildman–Crippen LogP) is 7.64. The van der Waals surface area contributed by atoms with Gasteiger partial charge in [-0.2, -0.15) is 5.01 Å². The number of allylic oxidation sites excluding steroid dienone is 2. The molecule has 56 heavy (non-hydrogen) atoms. The molecule has 3 fully saturated rings. The van der Waals surface area contributed by atoms with Gasteiger partial charge in [-0.05, 0) is 91.9 Å². The molecule has 9 rings (SSSR count). The van der Waals surface area contributed by atoms with Crippen molar-refractivity contribution in [2.45, 2.75) is 31.1 Å². The number of nitrogens with one attached hydrogen (secondary N) is 2. The number of imide groups is 2. The van der Waals surface area contributed by atoms with Crippen LogP contribution in [-0.4, -0.2) is 40.9 Å². The number of ether oxygens (including phenoxy) is 1. The molecule has 5 aromatic rings. The van der Waals surface area contributed by atoms with Crippen molar-refractivity contribution in [3.63, 3.8) is 0 Å². The predicted molar refractivity (Wildman–Crippen MR) is 212 cm³/mol. The molecule has 2 saturated heterocycles. The number of hydrogen-bond donors (Lipinski definition) is 3. The lowest BCUT2D eigenvalue weighted by Crippen LogP contribution is -2.53. The number of hydrazine groups is 1. The number of para-hydroxylation sites is 1. The zero-order chi connectivity index (χ0) is 38.7. The Labute approximate surface area is 324 Å². The van der Waals surface area contributed by atoms with Gasteiger partial charge in [0.1, 0.15) is 11.5 Å². The molecule has 0 radical (unpaired) electrons. The molecule has 6 unspecified atom stereocenters. The number of benzene rings is 5. The molecule has 0 aromatic heterocycles. The third kappa shape index (κ3) is 5.31. The van der Waals surface area contributed by atoms with E-state index < -0.39 is 46.8 Å². The molecule has 4 aliphatic rings. The Morgan fingerprint density at radius 2 is 1.38 bits per heavy atom. The third-order valence-corrected chi connectivity index (χ3v) is 12.1. The number of carbonyl (C=O) groups excluding carboxylic acids is 4. The molecule has 280 valence electrons. The van der Waals surface area contributed by atoms with Crippen LogP contribution >= 0.6 is 0 Å². The molecule has 4 amide bonds. The fourth-order valence-corrected chi connectivity index (χ4v) is 9.70. The lowest BCUT2D eigenvalue weighted by molar-refractivity contribution is -0.138. The van der Waals surface area contributed by atoms with Crippen molar-refractivity contribution in [3.8, 4) is 11.5 Å². The van der Waals surface area contributed by atoms with Gasteiger partial charge in [0.15, 0.2) is 0 Å². The molecule has 2 aliphatic heterocycles. The number of aryl methyl sites for hydroxylation is 1. The van der Waals surface area contributed by atoms with E-state index in [1.807, 2.05) is 110 Å². The molecule has 0 spiro atoms. The average Bonchev–Trinajstić information content (AvgIpc) is 3.60. The van der Waals surface area contributed by atoms with E-state index in [0.29, 0.717) is 28.3 Å². The van der Waals surface area contributed by atoms with Crippen LogP contribution in [0.5, 0.6) is 11.5 Å². The summed E-state index contributed by atoms with van der Waals surface area (Å²) in [6, 6.07) is 38.5. The second-order valence-electron chi connectivity index (χ2n) is 15.0. The molecule has 3 N–H and O–H groups in total. The summed E-state index contributed by atoms with van der Waals surface area (Å²) in [5, 5.41) is 16.2. The zero-order valence-corrected chi connectivity index (χ0v) is 30.9. The summed E-state index contributed by atoms with van der Waals surface area (Å²) < 4.78 is 5.88. The highest BCUT2D eigenvalue weighted by atomic mass is 16.5. The quantitative estimate of drug-likeness (QED) is 0.109. The minimum Gasteiger partial charge on any atom is -0.508 e. The maximum absolute atomic E-state index is 15.4. The SMILES string of the molecule is COc1cccc(O)c1C1C2=CCC3C(=O)N(c4ccc(Nc5ccccc5)cc4)C(=O)C3C2CC2C(=O)N(Nc3ccc(C)cc3)C(=O)C21c1ccccc1. The van der Waals surface area contributed by atoms with Crippen LogP contribution in [0, 0.1) is 30.6 Å². The number of methoxy groups -OCH3 is 1. The standard InChI is InChI=1S/C46H40N4O6/c1-27-16-18-31(19-17-27)48-50-43(53)36-26-35-33(41(40-37(51)14-9-15-38(40)56-2)46(36,45(50)55)28-10-5-3-6-11-28)24-25-34-39(35)44(54)49(42(34)52)32-22-20-30(21-23-32)47-29-12-7-4-8-13-29/h3-24,34-36,39,41,47-48,51H,25-26H2,1-2H3. The molecule has 10 heteroatoms. The summed E-state index contributed by atoms with van der Waals surface area (Å²) in [5.41, 5.74) is 7.02. The van der Waals surface area contributed by atoms with Gasteiger partial charge in [0.25, 0.3) is 11.8 Å². The number of phenols is 1. The zero-order valence-electron chi connectivity index (χ0n) is 30.9. The number of aromatic hydroxyl groups is 1. The van der Waals surface area contributed by atoms with Crippen LogP contribution in [-0.2, 0) is 24.6 Å². The van der Waals surface area contributed by atoms with E-state index in [1.54, 1.807) is 30.3 Å². The lowest BCUT2D eigenvalue weighted by Gasteiger charge is -2.50. The normalized spacial score (nSPS) is 25.3. The Bertz CT molecular complexity index is 2400. The Hall–Kier alpha value is -6.68. The number of carbonyl (C=O) groups is 4. The van der Waals surface area contributed by atoms with Crippen molar-refractivity contribution >= 4 is 46.4 Å². The summed E-state index contributed by atoms with van der Waals surface area (Å²) in [7, 11) is 1.50. The number of amides is 4. The van der Waals surface area contributed by atoms with Gasteiger partial charge in [-0.15, -0.1) is 0 Å². The topological polar surface area (TPSA) is 128 Å². The largest absolute Gasteiger partial charge is 0.508 e. The first kappa shape index (κ1) is 35.0. The average molecular weight is 745 g/mol. The first-order valence-corrected chi connectivity index (χ1v) is 18.8.